The van der Waals surface area contributed by atoms with E-state index in [1.54, 1.807) is 12.1 Å². The first kappa shape index (κ1) is 20.3. The van der Waals surface area contributed by atoms with Gasteiger partial charge < -0.3 is 25.6 Å². The van der Waals surface area contributed by atoms with Gasteiger partial charge in [0.1, 0.15) is 11.9 Å². The number of likely N-dealkylation sites (N-methyl/N-ethyl adjacent to an activating group) is 1. The summed E-state index contributed by atoms with van der Waals surface area (Å²) in [5.74, 6) is -0.562. The number of anilines is 2. The summed E-state index contributed by atoms with van der Waals surface area (Å²) in [7, 11) is 0. The van der Waals surface area contributed by atoms with E-state index in [0.717, 1.165) is 19.6 Å². The molecule has 1 aromatic carbocycles. The minimum absolute atomic E-state index is 0.188. The fourth-order valence-electron chi connectivity index (χ4n) is 3.52. The van der Waals surface area contributed by atoms with E-state index in [4.69, 9.17) is 4.74 Å². The van der Waals surface area contributed by atoms with Crippen LogP contribution in [0.5, 0.6) is 0 Å². The molecular formula is C19H28FN5O3. The minimum atomic E-state index is -0.535. The van der Waals surface area contributed by atoms with Gasteiger partial charge in [-0.05, 0) is 25.1 Å². The number of rotatable bonds is 7. The van der Waals surface area contributed by atoms with E-state index in [1.165, 1.54) is 17.9 Å². The summed E-state index contributed by atoms with van der Waals surface area (Å²) in [5, 5.41) is 9.40. The first-order chi connectivity index (χ1) is 13.5. The van der Waals surface area contributed by atoms with Gasteiger partial charge in [0.25, 0.3) is 0 Å². The number of halogens is 1. The second-order valence-corrected chi connectivity index (χ2v) is 7.08. The predicted octanol–water partition coefficient (Wildman–Crippen LogP) is 0.675. The molecule has 8 nitrogen and oxygen atoms in total. The van der Waals surface area contributed by atoms with Crippen LogP contribution in [0.2, 0.25) is 0 Å². The van der Waals surface area contributed by atoms with Crippen molar-refractivity contribution in [3.05, 3.63) is 24.0 Å². The number of nitrogens with zero attached hydrogens (tertiary/aromatic N) is 2. The molecule has 3 rings (SSSR count). The molecule has 0 unspecified atom stereocenters. The van der Waals surface area contributed by atoms with E-state index in [-0.39, 0.29) is 30.9 Å². The zero-order valence-electron chi connectivity index (χ0n) is 16.3. The summed E-state index contributed by atoms with van der Waals surface area (Å²) in [4.78, 5) is 26.5. The zero-order valence-corrected chi connectivity index (χ0v) is 16.3. The topological polar surface area (TPSA) is 85.9 Å². The third-order valence-corrected chi connectivity index (χ3v) is 4.98. The number of benzene rings is 1. The average molecular weight is 393 g/mol. The monoisotopic (exact) mass is 393 g/mol. The molecule has 9 heteroatoms. The normalized spacial score (nSPS) is 22.1. The van der Waals surface area contributed by atoms with Crippen LogP contribution < -0.4 is 25.8 Å². The van der Waals surface area contributed by atoms with Crippen LogP contribution in [0.3, 0.4) is 0 Å². The molecule has 3 N–H and O–H groups in total. The third-order valence-electron chi connectivity index (χ3n) is 4.98. The fraction of sp³-hybridized carbons (Fsp3) is 0.579. The lowest BCUT2D eigenvalue weighted by molar-refractivity contribution is -0.119. The highest BCUT2D eigenvalue weighted by molar-refractivity contribution is 5.90. The van der Waals surface area contributed by atoms with Crippen molar-refractivity contribution in [2.45, 2.75) is 26.0 Å². The van der Waals surface area contributed by atoms with Gasteiger partial charge in [0.2, 0.25) is 5.91 Å². The number of ether oxygens (including phenoxy) is 1. The van der Waals surface area contributed by atoms with Gasteiger partial charge in [-0.25, -0.2) is 9.18 Å². The van der Waals surface area contributed by atoms with E-state index in [9.17, 15) is 14.0 Å². The quantitative estimate of drug-likeness (QED) is 0.632. The van der Waals surface area contributed by atoms with Crippen molar-refractivity contribution < 1.29 is 18.7 Å². The highest BCUT2D eigenvalue weighted by Gasteiger charge is 2.33. The van der Waals surface area contributed by atoms with Gasteiger partial charge in [-0.15, -0.1) is 0 Å². The van der Waals surface area contributed by atoms with Crippen molar-refractivity contribution in [1.29, 1.82) is 0 Å². The van der Waals surface area contributed by atoms with Crippen LogP contribution in [0.25, 0.3) is 0 Å². The Morgan fingerprint density at radius 2 is 2.25 bits per heavy atom. The molecule has 2 saturated heterocycles. The van der Waals surface area contributed by atoms with Gasteiger partial charge >= 0.3 is 6.09 Å². The Labute approximate surface area is 164 Å². The minimum Gasteiger partial charge on any atom is -0.442 e. The summed E-state index contributed by atoms with van der Waals surface area (Å²) in [6.07, 6.45) is -0.983. The highest BCUT2D eigenvalue weighted by atomic mass is 19.1. The highest BCUT2D eigenvalue weighted by Crippen LogP contribution is 2.28. The van der Waals surface area contributed by atoms with Gasteiger partial charge in [0.05, 0.1) is 24.5 Å². The lowest BCUT2D eigenvalue weighted by atomic mass is 10.1. The fourth-order valence-corrected chi connectivity index (χ4v) is 3.52. The van der Waals surface area contributed by atoms with Crippen LogP contribution in [0.4, 0.5) is 20.6 Å². The Bertz CT molecular complexity index is 711. The summed E-state index contributed by atoms with van der Waals surface area (Å²) in [5.41, 5.74) is 0.964. The van der Waals surface area contributed by atoms with Crippen molar-refractivity contribution in [1.82, 2.24) is 16.0 Å². The van der Waals surface area contributed by atoms with E-state index in [2.05, 4.69) is 16.0 Å². The molecular weight excluding hydrogens is 365 g/mol. The number of hydrogen-bond acceptors (Lipinski definition) is 6. The Kier molecular flexibility index (Phi) is 6.69. The smallest absolute Gasteiger partial charge is 0.414 e. The third kappa shape index (κ3) is 4.90. The first-order valence-electron chi connectivity index (χ1n) is 9.69. The zero-order chi connectivity index (χ0) is 20.1. The van der Waals surface area contributed by atoms with Gasteiger partial charge in [-0.1, -0.05) is 0 Å². The lowest BCUT2D eigenvalue weighted by Crippen LogP contribution is -2.53. The standard InChI is InChI=1S/C19H28FN5O3/c1-3-24(11-14-9-21-6-7-22-14)18-5-4-15(8-17(18)20)25-12-16(28-19(25)27)10-23-13(2)26/h4-5,8,14,16,21-22H,3,6-7,9-12H2,1-2H3,(H,23,26)/t14-,16-/m0/s1. The second kappa shape index (κ2) is 9.20. The van der Waals surface area contributed by atoms with Crippen molar-refractivity contribution in [2.75, 3.05) is 55.6 Å². The molecule has 2 heterocycles. The van der Waals surface area contributed by atoms with Crippen LogP contribution >= 0.6 is 0 Å². The summed E-state index contributed by atoms with van der Waals surface area (Å²) < 4.78 is 20.1. The van der Waals surface area contributed by atoms with E-state index in [1.807, 2.05) is 11.8 Å². The summed E-state index contributed by atoms with van der Waals surface area (Å²) in [6.45, 7) is 7.99. The Morgan fingerprint density at radius 1 is 1.43 bits per heavy atom. The van der Waals surface area contributed by atoms with Crippen LogP contribution in [0.15, 0.2) is 18.2 Å². The van der Waals surface area contributed by atoms with Gasteiger partial charge in [-0.3, -0.25) is 9.69 Å². The molecule has 0 saturated carbocycles. The second-order valence-electron chi connectivity index (χ2n) is 7.08. The van der Waals surface area contributed by atoms with Crippen LogP contribution in [0, 0.1) is 5.82 Å². The number of cyclic esters (lactones) is 1. The van der Waals surface area contributed by atoms with E-state index >= 15 is 0 Å². The van der Waals surface area contributed by atoms with Crippen molar-refractivity contribution >= 4 is 23.4 Å². The summed E-state index contributed by atoms with van der Waals surface area (Å²) >= 11 is 0. The molecule has 0 aliphatic carbocycles. The van der Waals surface area contributed by atoms with Crippen LogP contribution in [-0.4, -0.2) is 70.0 Å². The molecule has 2 aliphatic rings. The number of hydrogen-bond donors (Lipinski definition) is 3. The number of piperazine rings is 1. The average Bonchev–Trinajstić information content (AvgIpc) is 3.06. The molecule has 28 heavy (non-hydrogen) atoms. The molecule has 0 aromatic heterocycles. The molecule has 1 aromatic rings. The molecule has 154 valence electrons. The first-order valence-corrected chi connectivity index (χ1v) is 9.69. The number of carbonyl (C=O) groups excluding carboxylic acids is 2. The maximum absolute atomic E-state index is 14.9. The Balaban J connectivity index is 1.67. The maximum atomic E-state index is 14.9. The molecule has 0 spiro atoms. The van der Waals surface area contributed by atoms with Crippen molar-refractivity contribution in [3.8, 4) is 0 Å². The molecule has 0 bridgehead atoms. The number of carbonyl (C=O) groups is 2. The molecule has 0 radical (unpaired) electrons. The van der Waals surface area contributed by atoms with Gasteiger partial charge in [-0.2, -0.15) is 0 Å². The van der Waals surface area contributed by atoms with E-state index < -0.39 is 12.2 Å². The SMILES string of the molecule is CCN(C[C@@H]1CNCCN1)c1ccc(N2C[C@H](CNC(C)=O)OC2=O)cc1F. The molecule has 2 fully saturated rings. The van der Waals surface area contributed by atoms with Gasteiger partial charge in [0, 0.05) is 45.7 Å². The van der Waals surface area contributed by atoms with Crippen molar-refractivity contribution in [2.24, 2.45) is 0 Å². The number of nitrogens with one attached hydrogen (secondary N) is 3. The van der Waals surface area contributed by atoms with Crippen LogP contribution in [0.1, 0.15) is 13.8 Å². The summed E-state index contributed by atoms with van der Waals surface area (Å²) in [6, 6.07) is 5.07. The number of amides is 2. The molecule has 2 amide bonds. The van der Waals surface area contributed by atoms with Gasteiger partial charge in [0.15, 0.2) is 0 Å². The largest absolute Gasteiger partial charge is 0.442 e. The predicted molar refractivity (Wildman–Crippen MR) is 105 cm³/mol. The lowest BCUT2D eigenvalue weighted by Gasteiger charge is -2.32. The van der Waals surface area contributed by atoms with Crippen molar-refractivity contribution in [3.63, 3.8) is 0 Å². The van der Waals surface area contributed by atoms with E-state index in [0.29, 0.717) is 24.5 Å². The van der Waals surface area contributed by atoms with Crippen LogP contribution in [-0.2, 0) is 9.53 Å². The Hall–Kier alpha value is -2.39. The maximum Gasteiger partial charge on any atom is 0.414 e. The molecule has 2 atom stereocenters. The molecule has 2 aliphatic heterocycles. The Morgan fingerprint density at radius 3 is 2.89 bits per heavy atom.